The fourth-order valence-corrected chi connectivity index (χ4v) is 0.870. The summed E-state index contributed by atoms with van der Waals surface area (Å²) in [6.07, 6.45) is -0.863. The zero-order valence-electron chi connectivity index (χ0n) is 7.77. The summed E-state index contributed by atoms with van der Waals surface area (Å²) >= 11 is 3.65. The van der Waals surface area contributed by atoms with Crippen LogP contribution in [0, 0.1) is 0 Å². The third-order valence-corrected chi connectivity index (χ3v) is 1.68. The first kappa shape index (κ1) is 11.4. The molecule has 80 valence electrons. The number of carbonyl (C=O) groups excluding carboxylic acids is 2. The van der Waals surface area contributed by atoms with Crippen LogP contribution >= 0.6 is 12.6 Å². The molecule has 0 aliphatic rings. The second kappa shape index (κ2) is 5.92. The third-order valence-electron chi connectivity index (χ3n) is 1.42. The highest BCUT2D eigenvalue weighted by Crippen LogP contribution is 2.02. The number of hydrogen-bond donors (Lipinski definition) is 3. The molecule has 0 saturated heterocycles. The third kappa shape index (κ3) is 4.37. The Kier molecular flexibility index (Phi) is 4.49. The molecule has 0 aliphatic heterocycles. The lowest BCUT2D eigenvalue weighted by Gasteiger charge is -2.06. The summed E-state index contributed by atoms with van der Waals surface area (Å²) in [6.45, 7) is 0. The Labute approximate surface area is 92.2 Å². The van der Waals surface area contributed by atoms with Gasteiger partial charge in [0.1, 0.15) is 0 Å². The molecule has 1 rings (SSSR count). The van der Waals surface area contributed by atoms with E-state index in [1.807, 2.05) is 6.07 Å². The largest absolute Gasteiger partial charge is 0.433 e. The Hall–Kier alpha value is -1.69. The van der Waals surface area contributed by atoms with Crippen LogP contribution in [0.3, 0.4) is 0 Å². The smallest absolute Gasteiger partial charge is 0.374 e. The SMILES string of the molecule is O=C(CS)OC(=O)NNc1ccccc1. The lowest BCUT2D eigenvalue weighted by atomic mass is 10.3. The van der Waals surface area contributed by atoms with E-state index in [9.17, 15) is 9.59 Å². The zero-order valence-corrected chi connectivity index (χ0v) is 8.66. The molecule has 0 bridgehead atoms. The number of rotatable bonds is 3. The van der Waals surface area contributed by atoms with Crippen molar-refractivity contribution in [3.05, 3.63) is 30.3 Å². The molecular formula is C9H10N2O3S. The molecule has 0 spiro atoms. The van der Waals surface area contributed by atoms with Gasteiger partial charge in [0.05, 0.1) is 11.4 Å². The Bertz CT molecular complexity index is 342. The summed E-state index contributed by atoms with van der Waals surface area (Å²) < 4.78 is 4.29. The summed E-state index contributed by atoms with van der Waals surface area (Å²) in [5.41, 5.74) is 5.46. The van der Waals surface area contributed by atoms with Crippen LogP contribution in [0.1, 0.15) is 0 Å². The van der Waals surface area contributed by atoms with Gasteiger partial charge < -0.3 is 4.74 Å². The number of nitrogens with one attached hydrogen (secondary N) is 2. The van der Waals surface area contributed by atoms with Crippen LogP contribution in [0.2, 0.25) is 0 Å². The number of hydrazine groups is 1. The average Bonchev–Trinajstić information content (AvgIpc) is 2.27. The zero-order chi connectivity index (χ0) is 11.1. The van der Waals surface area contributed by atoms with Crippen molar-refractivity contribution in [3.8, 4) is 0 Å². The van der Waals surface area contributed by atoms with Crippen molar-refractivity contribution in [2.45, 2.75) is 0 Å². The topological polar surface area (TPSA) is 67.4 Å². The second-order valence-electron chi connectivity index (χ2n) is 2.54. The summed E-state index contributed by atoms with van der Waals surface area (Å²) in [5.74, 6) is -0.843. The predicted molar refractivity (Wildman–Crippen MR) is 58.5 cm³/mol. The van der Waals surface area contributed by atoms with Gasteiger partial charge in [-0.25, -0.2) is 10.2 Å². The number of hydrogen-bond acceptors (Lipinski definition) is 5. The van der Waals surface area contributed by atoms with Crippen molar-refractivity contribution in [1.82, 2.24) is 5.43 Å². The van der Waals surface area contributed by atoms with E-state index in [1.54, 1.807) is 24.3 Å². The summed E-state index contributed by atoms with van der Waals surface area (Å²) in [7, 11) is 0. The number of amides is 1. The fraction of sp³-hybridized carbons (Fsp3) is 0.111. The van der Waals surface area contributed by atoms with Crippen molar-refractivity contribution in [1.29, 1.82) is 0 Å². The molecule has 2 N–H and O–H groups in total. The van der Waals surface area contributed by atoms with Crippen molar-refractivity contribution < 1.29 is 14.3 Å². The molecule has 0 fully saturated rings. The minimum absolute atomic E-state index is 0.140. The molecule has 1 aromatic carbocycles. The Morgan fingerprint density at radius 1 is 1.27 bits per heavy atom. The van der Waals surface area contributed by atoms with E-state index in [2.05, 4.69) is 28.2 Å². The van der Waals surface area contributed by atoms with Gasteiger partial charge in [0.25, 0.3) is 0 Å². The van der Waals surface area contributed by atoms with Gasteiger partial charge in [0, 0.05) is 0 Å². The molecule has 1 aromatic rings. The number of benzene rings is 1. The molecule has 0 radical (unpaired) electrons. The molecule has 0 saturated carbocycles. The first-order valence-electron chi connectivity index (χ1n) is 4.15. The molecule has 0 atom stereocenters. The van der Waals surface area contributed by atoms with E-state index < -0.39 is 12.1 Å². The Morgan fingerprint density at radius 3 is 2.53 bits per heavy atom. The summed E-state index contributed by atoms with van der Waals surface area (Å²) in [6, 6.07) is 8.94. The lowest BCUT2D eigenvalue weighted by molar-refractivity contribution is -0.134. The monoisotopic (exact) mass is 226 g/mol. The van der Waals surface area contributed by atoms with Crippen LogP contribution < -0.4 is 10.9 Å². The highest BCUT2D eigenvalue weighted by Gasteiger charge is 2.06. The van der Waals surface area contributed by atoms with E-state index in [0.29, 0.717) is 5.69 Å². The van der Waals surface area contributed by atoms with Gasteiger partial charge in [-0.2, -0.15) is 12.6 Å². The van der Waals surface area contributed by atoms with Crippen LogP contribution in [0.4, 0.5) is 10.5 Å². The second-order valence-corrected chi connectivity index (χ2v) is 2.85. The number of carbonyl (C=O) groups is 2. The number of esters is 1. The molecule has 0 heterocycles. The van der Waals surface area contributed by atoms with Gasteiger partial charge in [-0.1, -0.05) is 18.2 Å². The van der Waals surface area contributed by atoms with E-state index >= 15 is 0 Å². The van der Waals surface area contributed by atoms with Crippen LogP contribution in [0.5, 0.6) is 0 Å². The van der Waals surface area contributed by atoms with Gasteiger partial charge in [-0.05, 0) is 12.1 Å². The molecule has 0 unspecified atom stereocenters. The van der Waals surface area contributed by atoms with Crippen molar-refractivity contribution >= 4 is 30.4 Å². The minimum atomic E-state index is -0.863. The first-order chi connectivity index (χ1) is 7.22. The Balaban J connectivity index is 2.32. The molecule has 6 heteroatoms. The normalized spacial score (nSPS) is 9.13. The van der Waals surface area contributed by atoms with Crippen molar-refractivity contribution in [3.63, 3.8) is 0 Å². The molecule has 0 aliphatic carbocycles. The number of para-hydroxylation sites is 1. The number of thiol groups is 1. The maximum absolute atomic E-state index is 10.9. The molecule has 5 nitrogen and oxygen atoms in total. The van der Waals surface area contributed by atoms with Gasteiger partial charge in [0.2, 0.25) is 0 Å². The lowest BCUT2D eigenvalue weighted by Crippen LogP contribution is -2.32. The maximum Gasteiger partial charge on any atom is 0.433 e. The van der Waals surface area contributed by atoms with Crippen LogP contribution in [0.25, 0.3) is 0 Å². The quantitative estimate of drug-likeness (QED) is 0.313. The van der Waals surface area contributed by atoms with Crippen LogP contribution in [0.15, 0.2) is 30.3 Å². The first-order valence-corrected chi connectivity index (χ1v) is 4.78. The number of ether oxygens (including phenoxy) is 1. The van der Waals surface area contributed by atoms with Gasteiger partial charge in [-0.15, -0.1) is 0 Å². The summed E-state index contributed by atoms with van der Waals surface area (Å²) in [4.78, 5) is 21.6. The fourth-order valence-electron chi connectivity index (χ4n) is 0.806. The molecule has 0 aromatic heterocycles. The van der Waals surface area contributed by atoms with Crippen LogP contribution in [-0.2, 0) is 9.53 Å². The van der Waals surface area contributed by atoms with E-state index in [1.165, 1.54) is 0 Å². The van der Waals surface area contributed by atoms with Crippen LogP contribution in [-0.4, -0.2) is 17.8 Å². The molecule has 15 heavy (non-hydrogen) atoms. The van der Waals surface area contributed by atoms with E-state index in [4.69, 9.17) is 0 Å². The van der Waals surface area contributed by atoms with Crippen molar-refractivity contribution in [2.24, 2.45) is 0 Å². The summed E-state index contributed by atoms with van der Waals surface area (Å²) in [5, 5.41) is 0. The minimum Gasteiger partial charge on any atom is -0.374 e. The molecule has 1 amide bonds. The van der Waals surface area contributed by atoms with Gasteiger partial charge in [-0.3, -0.25) is 10.2 Å². The van der Waals surface area contributed by atoms with Crippen molar-refractivity contribution in [2.75, 3.05) is 11.2 Å². The van der Waals surface area contributed by atoms with E-state index in [-0.39, 0.29) is 5.75 Å². The highest BCUT2D eigenvalue weighted by molar-refractivity contribution is 7.81. The van der Waals surface area contributed by atoms with Gasteiger partial charge >= 0.3 is 12.1 Å². The standard InChI is InChI=1S/C9H10N2O3S/c12-8(6-15)14-9(13)11-10-7-4-2-1-3-5-7/h1-5,10,15H,6H2,(H,11,13). The predicted octanol–water partition coefficient (Wildman–Crippen LogP) is 1.20. The van der Waals surface area contributed by atoms with Gasteiger partial charge in [0.15, 0.2) is 0 Å². The van der Waals surface area contributed by atoms with E-state index in [0.717, 1.165) is 0 Å². The highest BCUT2D eigenvalue weighted by atomic mass is 32.1. The Morgan fingerprint density at radius 2 is 1.93 bits per heavy atom. The maximum atomic E-state index is 10.9. The average molecular weight is 226 g/mol. The number of anilines is 1. The molecular weight excluding hydrogens is 216 g/mol.